The molecule has 0 bridgehead atoms. The third kappa shape index (κ3) is 8.00. The number of hydrogen-bond acceptors (Lipinski definition) is 6. The number of aliphatic hydroxyl groups excluding tert-OH is 1. The number of carbonyl (C=O) groups is 1. The number of nitrogens with one attached hydrogen (secondary N) is 1. The Morgan fingerprint density at radius 1 is 1.35 bits per heavy atom. The van der Waals surface area contributed by atoms with E-state index >= 15 is 4.39 Å². The normalized spacial score (nSPS) is 22.3. The highest BCUT2D eigenvalue weighted by Crippen LogP contribution is 2.37. The Morgan fingerprint density at radius 2 is 2.11 bits per heavy atom. The van der Waals surface area contributed by atoms with Gasteiger partial charge in [0.1, 0.15) is 17.5 Å². The van der Waals surface area contributed by atoms with E-state index in [1.54, 1.807) is 18.1 Å². The van der Waals surface area contributed by atoms with Crippen molar-refractivity contribution in [2.45, 2.75) is 81.6 Å². The maximum atomic E-state index is 15.1. The van der Waals surface area contributed by atoms with E-state index in [-0.39, 0.29) is 42.7 Å². The van der Waals surface area contributed by atoms with Gasteiger partial charge < -0.3 is 35.6 Å². The molecule has 1 saturated carbocycles. The third-order valence-electron chi connectivity index (χ3n) is 7.79. The molecule has 3 rings (SSSR count). The van der Waals surface area contributed by atoms with Gasteiger partial charge in [0.25, 0.3) is 0 Å². The number of aliphatic hydroxyl groups is 2. The van der Waals surface area contributed by atoms with Crippen molar-refractivity contribution >= 4 is 17.6 Å². The quantitative estimate of drug-likeness (QED) is 0.299. The molecule has 0 aromatic heterocycles. The molecule has 2 amide bonds. The number of carbonyl (C=O) groups excluding carboxylic acids is 1. The molecule has 0 spiro atoms. The fourth-order valence-electron chi connectivity index (χ4n) is 5.58. The number of halogens is 2. The van der Waals surface area contributed by atoms with Gasteiger partial charge >= 0.3 is 6.03 Å². The lowest BCUT2D eigenvalue weighted by Gasteiger charge is -2.43. The Bertz CT molecular complexity index is 859. The van der Waals surface area contributed by atoms with Gasteiger partial charge in [0.05, 0.1) is 30.3 Å². The minimum atomic E-state index is -1.69. The van der Waals surface area contributed by atoms with Crippen LogP contribution in [0.2, 0.25) is 5.02 Å². The van der Waals surface area contributed by atoms with Crippen LogP contribution in [0.25, 0.3) is 0 Å². The second-order valence-corrected chi connectivity index (χ2v) is 10.8. The number of morpholine rings is 1. The van der Waals surface area contributed by atoms with Crippen LogP contribution >= 0.6 is 11.6 Å². The van der Waals surface area contributed by atoms with E-state index in [0.29, 0.717) is 38.3 Å². The standard InChI is InChI=1S/C27H43ClFN3O5/c1-36-14-6-5-12-27(35,20-10-7-11-21(28)25(20)29)24-18-32(13-15-37-24)26(34)31-22(23(33)17-30)16-19-8-3-2-4-9-19/h7,10-11,19,22-24,33,35H,2-6,8-9,12-18,30H2,1H3,(H,31,34)/t22?,23-,24-,27+/m0/s1. The molecule has 1 aromatic rings. The molecule has 1 heterocycles. The molecule has 8 nitrogen and oxygen atoms in total. The van der Waals surface area contributed by atoms with Gasteiger partial charge in [-0.1, -0.05) is 55.8 Å². The maximum absolute atomic E-state index is 15.1. The highest BCUT2D eigenvalue weighted by molar-refractivity contribution is 6.30. The molecule has 210 valence electrons. The molecule has 1 aromatic carbocycles. The third-order valence-corrected chi connectivity index (χ3v) is 8.08. The first-order valence-corrected chi connectivity index (χ1v) is 13.9. The average molecular weight is 544 g/mol. The lowest BCUT2D eigenvalue weighted by Crippen LogP contribution is -2.59. The zero-order chi connectivity index (χ0) is 26.8. The summed E-state index contributed by atoms with van der Waals surface area (Å²) < 4.78 is 26.2. The molecule has 2 aliphatic rings. The Labute approximate surface area is 224 Å². The molecule has 37 heavy (non-hydrogen) atoms. The van der Waals surface area contributed by atoms with Crippen molar-refractivity contribution in [1.82, 2.24) is 10.2 Å². The monoisotopic (exact) mass is 543 g/mol. The van der Waals surface area contributed by atoms with Crippen LogP contribution in [0, 0.1) is 11.7 Å². The van der Waals surface area contributed by atoms with Gasteiger partial charge in [-0.05, 0) is 37.7 Å². The van der Waals surface area contributed by atoms with Crippen molar-refractivity contribution in [2.75, 3.05) is 40.0 Å². The van der Waals surface area contributed by atoms with Crippen molar-refractivity contribution < 1.29 is 28.9 Å². The molecule has 10 heteroatoms. The fraction of sp³-hybridized carbons (Fsp3) is 0.741. The zero-order valence-electron chi connectivity index (χ0n) is 21.8. The Kier molecular flexibility index (Phi) is 11.9. The van der Waals surface area contributed by atoms with Crippen LogP contribution in [0.3, 0.4) is 0 Å². The van der Waals surface area contributed by atoms with Crippen LogP contribution in [0.5, 0.6) is 0 Å². The lowest BCUT2D eigenvalue weighted by molar-refractivity contribution is -0.147. The van der Waals surface area contributed by atoms with E-state index in [9.17, 15) is 15.0 Å². The Morgan fingerprint density at radius 3 is 2.81 bits per heavy atom. The minimum absolute atomic E-state index is 0.0541. The lowest BCUT2D eigenvalue weighted by atomic mass is 9.82. The summed E-state index contributed by atoms with van der Waals surface area (Å²) >= 11 is 6.05. The van der Waals surface area contributed by atoms with Crippen molar-refractivity contribution in [1.29, 1.82) is 0 Å². The molecule has 2 fully saturated rings. The average Bonchev–Trinajstić information content (AvgIpc) is 2.92. The zero-order valence-corrected chi connectivity index (χ0v) is 22.6. The summed E-state index contributed by atoms with van der Waals surface area (Å²) in [5, 5.41) is 25.3. The van der Waals surface area contributed by atoms with E-state index in [4.69, 9.17) is 26.8 Å². The SMILES string of the molecule is COCCCC[C@@](O)(c1cccc(Cl)c1F)[C@@H]1CN(C(=O)NC(CC2CCCCC2)[C@@H](O)CN)CCO1. The molecule has 1 unspecified atom stereocenters. The van der Waals surface area contributed by atoms with Gasteiger partial charge in [0.15, 0.2) is 0 Å². The number of ether oxygens (including phenoxy) is 2. The van der Waals surface area contributed by atoms with Gasteiger partial charge in [0, 0.05) is 32.4 Å². The Hall–Kier alpha value is -1.49. The van der Waals surface area contributed by atoms with E-state index in [2.05, 4.69) is 5.32 Å². The fourth-order valence-corrected chi connectivity index (χ4v) is 5.75. The number of unbranched alkanes of at least 4 members (excludes halogenated alkanes) is 1. The summed E-state index contributed by atoms with van der Waals surface area (Å²) in [5.74, 6) is -0.247. The Balaban J connectivity index is 1.74. The summed E-state index contributed by atoms with van der Waals surface area (Å²) in [5.41, 5.74) is 4.11. The largest absolute Gasteiger partial charge is 0.390 e. The van der Waals surface area contributed by atoms with Crippen molar-refractivity contribution in [3.05, 3.63) is 34.6 Å². The number of amides is 2. The molecule has 1 aliphatic heterocycles. The minimum Gasteiger partial charge on any atom is -0.390 e. The summed E-state index contributed by atoms with van der Waals surface area (Å²) in [4.78, 5) is 14.9. The second kappa shape index (κ2) is 14.6. The van der Waals surface area contributed by atoms with Crippen LogP contribution in [-0.4, -0.2) is 79.4 Å². The van der Waals surface area contributed by atoms with Crippen LogP contribution < -0.4 is 11.1 Å². The van der Waals surface area contributed by atoms with Gasteiger partial charge in [-0.15, -0.1) is 0 Å². The molecular weight excluding hydrogens is 501 g/mol. The molecule has 5 N–H and O–H groups in total. The van der Waals surface area contributed by atoms with Crippen LogP contribution in [0.4, 0.5) is 9.18 Å². The van der Waals surface area contributed by atoms with E-state index in [1.165, 1.54) is 18.6 Å². The van der Waals surface area contributed by atoms with Crippen molar-refractivity contribution in [3.63, 3.8) is 0 Å². The highest BCUT2D eigenvalue weighted by Gasteiger charge is 2.44. The number of methoxy groups -OCH3 is 1. The topological polar surface area (TPSA) is 117 Å². The number of benzene rings is 1. The van der Waals surface area contributed by atoms with Crippen molar-refractivity contribution in [2.24, 2.45) is 11.7 Å². The second-order valence-electron chi connectivity index (χ2n) is 10.4. The number of hydrogen-bond donors (Lipinski definition) is 4. The van der Waals surface area contributed by atoms with E-state index in [1.807, 2.05) is 0 Å². The number of nitrogens with zero attached hydrogens (tertiary/aromatic N) is 1. The van der Waals surface area contributed by atoms with Crippen molar-refractivity contribution in [3.8, 4) is 0 Å². The predicted octanol–water partition coefficient (Wildman–Crippen LogP) is 3.55. The number of urea groups is 1. The predicted molar refractivity (Wildman–Crippen MR) is 141 cm³/mol. The molecule has 0 radical (unpaired) electrons. The van der Waals surface area contributed by atoms with Crippen LogP contribution in [-0.2, 0) is 15.1 Å². The summed E-state index contributed by atoms with van der Waals surface area (Å²) in [6, 6.07) is 3.73. The van der Waals surface area contributed by atoms with E-state index in [0.717, 1.165) is 25.7 Å². The first-order chi connectivity index (χ1) is 17.8. The molecular formula is C27H43ClFN3O5. The van der Waals surface area contributed by atoms with Crippen LogP contribution in [0.1, 0.15) is 63.4 Å². The van der Waals surface area contributed by atoms with Crippen LogP contribution in [0.15, 0.2) is 18.2 Å². The first-order valence-electron chi connectivity index (χ1n) is 13.5. The molecule has 1 aliphatic carbocycles. The van der Waals surface area contributed by atoms with Gasteiger partial charge in [-0.2, -0.15) is 0 Å². The molecule has 4 atom stereocenters. The smallest absolute Gasteiger partial charge is 0.317 e. The first kappa shape index (κ1) is 30.1. The number of rotatable bonds is 12. The van der Waals surface area contributed by atoms with Gasteiger partial charge in [-0.3, -0.25) is 0 Å². The van der Waals surface area contributed by atoms with Gasteiger partial charge in [-0.25, -0.2) is 9.18 Å². The maximum Gasteiger partial charge on any atom is 0.317 e. The van der Waals surface area contributed by atoms with Gasteiger partial charge in [0.2, 0.25) is 0 Å². The summed E-state index contributed by atoms with van der Waals surface area (Å²) in [7, 11) is 1.60. The summed E-state index contributed by atoms with van der Waals surface area (Å²) in [6.07, 6.45) is 6.15. The molecule has 1 saturated heterocycles. The highest BCUT2D eigenvalue weighted by atomic mass is 35.5. The summed E-state index contributed by atoms with van der Waals surface area (Å²) in [6.45, 7) is 1.13. The van der Waals surface area contributed by atoms with E-state index < -0.39 is 29.7 Å². The number of nitrogens with two attached hydrogens (primary N) is 1.